The molecule has 8 nitrogen and oxygen atoms in total. The molecule has 1 unspecified atom stereocenters. The van der Waals surface area contributed by atoms with Crippen LogP contribution in [-0.2, 0) is 27.0 Å². The molecule has 0 saturated carbocycles. The van der Waals surface area contributed by atoms with Crippen molar-refractivity contribution in [2.24, 2.45) is 0 Å². The molecule has 2 aromatic carbocycles. The Kier molecular flexibility index (Phi) is 6.10. The number of nitrogens with one attached hydrogen (secondary N) is 1. The van der Waals surface area contributed by atoms with Gasteiger partial charge in [-0.2, -0.15) is 18.3 Å². The van der Waals surface area contributed by atoms with Crippen LogP contribution in [0.4, 0.5) is 24.5 Å². The molecule has 0 spiro atoms. The quantitative estimate of drug-likeness (QED) is 0.574. The van der Waals surface area contributed by atoms with Crippen molar-refractivity contribution >= 4 is 29.2 Å². The number of benzene rings is 2. The molecule has 1 aromatic heterocycles. The topological polar surface area (TPSA) is 93.5 Å². The Morgan fingerprint density at radius 1 is 1.18 bits per heavy atom. The standard InChI is InChI=1S/C23H19F3N4O4/c1-14(34-22(33)16-5-3-15(4-6-16)12-29-10-2-9-27-29)21(32)30-13-20(31)28-18-11-17(23(24,25)26)7-8-19(18)30/h2-11,14H,12-13H2,1H3,(H,28,31). The van der Waals surface area contributed by atoms with Crippen LogP contribution in [0.15, 0.2) is 60.9 Å². The highest BCUT2D eigenvalue weighted by Crippen LogP contribution is 2.37. The molecule has 1 atom stereocenters. The first-order valence-electron chi connectivity index (χ1n) is 10.2. The highest BCUT2D eigenvalue weighted by Gasteiger charge is 2.35. The summed E-state index contributed by atoms with van der Waals surface area (Å²) in [6.07, 6.45) is -2.43. The van der Waals surface area contributed by atoms with E-state index in [-0.39, 0.29) is 16.9 Å². The third-order valence-electron chi connectivity index (χ3n) is 5.18. The first-order valence-corrected chi connectivity index (χ1v) is 10.2. The molecule has 34 heavy (non-hydrogen) atoms. The van der Waals surface area contributed by atoms with Crippen LogP contribution in [0.1, 0.15) is 28.4 Å². The summed E-state index contributed by atoms with van der Waals surface area (Å²) < 4.78 is 46.0. The molecule has 0 aliphatic carbocycles. The maximum atomic E-state index is 13.0. The Labute approximate surface area is 191 Å². The molecule has 4 rings (SSSR count). The van der Waals surface area contributed by atoms with Gasteiger partial charge in [-0.1, -0.05) is 12.1 Å². The zero-order valence-electron chi connectivity index (χ0n) is 17.9. The van der Waals surface area contributed by atoms with Gasteiger partial charge in [0.1, 0.15) is 6.54 Å². The second-order valence-corrected chi connectivity index (χ2v) is 7.65. The maximum Gasteiger partial charge on any atom is 0.416 e. The minimum absolute atomic E-state index is 0.0865. The monoisotopic (exact) mass is 472 g/mol. The van der Waals surface area contributed by atoms with Gasteiger partial charge in [-0.25, -0.2) is 4.79 Å². The molecule has 3 aromatic rings. The van der Waals surface area contributed by atoms with Crippen molar-refractivity contribution in [2.45, 2.75) is 25.7 Å². The lowest BCUT2D eigenvalue weighted by atomic mass is 10.1. The van der Waals surface area contributed by atoms with Crippen LogP contribution in [0, 0.1) is 0 Å². The minimum atomic E-state index is -4.61. The summed E-state index contributed by atoms with van der Waals surface area (Å²) in [5, 5.41) is 6.45. The van der Waals surface area contributed by atoms with E-state index in [1.807, 2.05) is 0 Å². The Bertz CT molecular complexity index is 1220. The van der Waals surface area contributed by atoms with Gasteiger partial charge in [-0.15, -0.1) is 0 Å². The lowest BCUT2D eigenvalue weighted by molar-refractivity contribution is -0.137. The van der Waals surface area contributed by atoms with Crippen LogP contribution in [-0.4, -0.2) is 40.2 Å². The fourth-order valence-electron chi connectivity index (χ4n) is 3.49. The van der Waals surface area contributed by atoms with Crippen molar-refractivity contribution in [3.05, 3.63) is 77.6 Å². The van der Waals surface area contributed by atoms with Crippen molar-refractivity contribution < 1.29 is 32.3 Å². The number of ether oxygens (including phenoxy) is 1. The van der Waals surface area contributed by atoms with Crippen LogP contribution in [0.25, 0.3) is 0 Å². The number of aromatic nitrogens is 2. The average Bonchev–Trinajstić information content (AvgIpc) is 3.30. The zero-order chi connectivity index (χ0) is 24.5. The van der Waals surface area contributed by atoms with Gasteiger partial charge >= 0.3 is 12.1 Å². The summed E-state index contributed by atoms with van der Waals surface area (Å²) in [4.78, 5) is 38.5. The van der Waals surface area contributed by atoms with Gasteiger partial charge in [-0.3, -0.25) is 19.2 Å². The van der Waals surface area contributed by atoms with Gasteiger partial charge in [0.05, 0.1) is 29.0 Å². The number of carbonyl (C=O) groups excluding carboxylic acids is 3. The van der Waals surface area contributed by atoms with Gasteiger partial charge in [-0.05, 0) is 48.9 Å². The number of hydrogen-bond donors (Lipinski definition) is 1. The Hall–Kier alpha value is -4.15. The zero-order valence-corrected chi connectivity index (χ0v) is 17.9. The number of amides is 2. The third kappa shape index (κ3) is 4.92. The van der Waals surface area contributed by atoms with Crippen molar-refractivity contribution in [1.82, 2.24) is 9.78 Å². The van der Waals surface area contributed by atoms with Gasteiger partial charge in [0.25, 0.3) is 5.91 Å². The largest absolute Gasteiger partial charge is 0.449 e. The second-order valence-electron chi connectivity index (χ2n) is 7.65. The van der Waals surface area contributed by atoms with Crippen LogP contribution in [0.2, 0.25) is 0 Å². The maximum absolute atomic E-state index is 13.0. The molecular formula is C23H19F3N4O4. The first-order chi connectivity index (χ1) is 16.1. The molecule has 11 heteroatoms. The Balaban J connectivity index is 1.45. The van der Waals surface area contributed by atoms with E-state index >= 15 is 0 Å². The Morgan fingerprint density at radius 2 is 1.91 bits per heavy atom. The molecule has 2 amide bonds. The highest BCUT2D eigenvalue weighted by molar-refractivity contribution is 6.11. The molecule has 1 aliphatic heterocycles. The van der Waals surface area contributed by atoms with Crippen LogP contribution in [0.3, 0.4) is 0 Å². The SMILES string of the molecule is CC(OC(=O)c1ccc(Cn2cccn2)cc1)C(=O)N1CC(=O)Nc2cc(C(F)(F)F)ccc21. The fraction of sp³-hybridized carbons (Fsp3) is 0.217. The van der Waals surface area contributed by atoms with Crippen molar-refractivity contribution in [1.29, 1.82) is 0 Å². The van der Waals surface area contributed by atoms with E-state index in [9.17, 15) is 27.6 Å². The van der Waals surface area contributed by atoms with Crippen LogP contribution >= 0.6 is 0 Å². The summed E-state index contributed by atoms with van der Waals surface area (Å²) in [5.41, 5.74) is 0.0968. The number of carbonyl (C=O) groups is 3. The number of anilines is 2. The summed E-state index contributed by atoms with van der Waals surface area (Å²) in [7, 11) is 0. The Morgan fingerprint density at radius 3 is 2.56 bits per heavy atom. The predicted molar refractivity (Wildman–Crippen MR) is 115 cm³/mol. The first kappa shape index (κ1) is 23.0. The molecule has 1 N–H and O–H groups in total. The number of hydrogen-bond acceptors (Lipinski definition) is 5. The lowest BCUT2D eigenvalue weighted by Gasteiger charge is -2.31. The van der Waals surface area contributed by atoms with E-state index in [1.54, 1.807) is 47.4 Å². The van der Waals surface area contributed by atoms with Gasteiger partial charge in [0, 0.05) is 12.4 Å². The van der Waals surface area contributed by atoms with E-state index in [0.717, 1.165) is 28.7 Å². The molecule has 0 fully saturated rings. The van der Waals surface area contributed by atoms with Crippen molar-refractivity contribution in [3.8, 4) is 0 Å². The van der Waals surface area contributed by atoms with E-state index in [4.69, 9.17) is 4.74 Å². The molecule has 2 heterocycles. The number of esters is 1. The van der Waals surface area contributed by atoms with Crippen molar-refractivity contribution in [3.63, 3.8) is 0 Å². The summed E-state index contributed by atoms with van der Waals surface area (Å²) in [5.74, 6) is -2.15. The molecule has 0 bridgehead atoms. The average molecular weight is 472 g/mol. The number of alkyl halides is 3. The van der Waals surface area contributed by atoms with E-state index in [0.29, 0.717) is 6.54 Å². The molecule has 1 aliphatic rings. The lowest BCUT2D eigenvalue weighted by Crippen LogP contribution is -2.47. The highest BCUT2D eigenvalue weighted by atomic mass is 19.4. The second kappa shape index (κ2) is 9.00. The van der Waals surface area contributed by atoms with E-state index < -0.39 is 42.2 Å². The number of rotatable bonds is 5. The molecule has 176 valence electrons. The number of nitrogens with zero attached hydrogens (tertiary/aromatic N) is 3. The normalized spacial score (nSPS) is 14.2. The molecule has 0 radical (unpaired) electrons. The van der Waals surface area contributed by atoms with Gasteiger partial charge < -0.3 is 10.1 Å². The number of fused-ring (bicyclic) bond motifs is 1. The molecular weight excluding hydrogens is 453 g/mol. The summed E-state index contributed by atoms with van der Waals surface area (Å²) in [6, 6.07) is 11.0. The smallest absolute Gasteiger partial charge is 0.416 e. The van der Waals surface area contributed by atoms with Crippen LogP contribution in [0.5, 0.6) is 0 Å². The predicted octanol–water partition coefficient (Wildman–Crippen LogP) is 3.48. The minimum Gasteiger partial charge on any atom is -0.449 e. The number of halogens is 3. The van der Waals surface area contributed by atoms with E-state index in [1.165, 1.54) is 6.92 Å². The molecule has 0 saturated heterocycles. The van der Waals surface area contributed by atoms with E-state index in [2.05, 4.69) is 10.4 Å². The van der Waals surface area contributed by atoms with Crippen molar-refractivity contribution in [2.75, 3.05) is 16.8 Å². The van der Waals surface area contributed by atoms with Gasteiger partial charge in [0.2, 0.25) is 5.91 Å². The summed E-state index contributed by atoms with van der Waals surface area (Å²) >= 11 is 0. The summed E-state index contributed by atoms with van der Waals surface area (Å²) in [6.45, 7) is 1.44. The third-order valence-corrected chi connectivity index (χ3v) is 5.18. The van der Waals surface area contributed by atoms with Crippen LogP contribution < -0.4 is 10.2 Å². The fourth-order valence-corrected chi connectivity index (χ4v) is 3.49. The van der Waals surface area contributed by atoms with Gasteiger partial charge in [0.15, 0.2) is 6.10 Å².